The first-order chi connectivity index (χ1) is 13.7. The Bertz CT molecular complexity index is 985. The average molecular weight is 378 g/mol. The third kappa shape index (κ3) is 3.32. The van der Waals surface area contributed by atoms with E-state index in [1.165, 1.54) is 0 Å². The molecule has 2 aromatic heterocycles. The van der Waals surface area contributed by atoms with E-state index in [1.807, 2.05) is 43.4 Å². The van der Waals surface area contributed by atoms with Crippen molar-refractivity contribution in [2.75, 3.05) is 32.1 Å². The number of aliphatic hydroxyl groups is 1. The number of aromatic nitrogens is 2. The molecule has 0 fully saturated rings. The second-order valence-electron chi connectivity index (χ2n) is 6.64. The van der Waals surface area contributed by atoms with E-state index >= 15 is 0 Å². The number of pyridine rings is 1. The van der Waals surface area contributed by atoms with E-state index in [1.54, 1.807) is 17.3 Å². The third-order valence-electron chi connectivity index (χ3n) is 4.78. The standard InChI is InChI=1S/C21H22N4O3/c1-25-10-8-16-18(21(25)27)20(23-14-5-3-2-4-6-14)19(24-16)15-7-9-22-13-17(15)28-12-11-26/h2-7,9,13,23-24,26H,8,10-12H2,1H3. The summed E-state index contributed by atoms with van der Waals surface area (Å²) < 4.78 is 5.67. The van der Waals surface area contributed by atoms with Gasteiger partial charge in [0.15, 0.2) is 0 Å². The quantitative estimate of drug-likeness (QED) is 0.614. The molecule has 3 N–H and O–H groups in total. The topological polar surface area (TPSA) is 90.5 Å². The molecular weight excluding hydrogens is 356 g/mol. The van der Waals surface area contributed by atoms with Crippen molar-refractivity contribution in [3.05, 3.63) is 60.0 Å². The summed E-state index contributed by atoms with van der Waals surface area (Å²) in [4.78, 5) is 22.2. The summed E-state index contributed by atoms with van der Waals surface area (Å²) in [7, 11) is 1.81. The Morgan fingerprint density at radius 2 is 2.11 bits per heavy atom. The minimum atomic E-state index is -0.0893. The van der Waals surface area contributed by atoms with Crippen LogP contribution >= 0.6 is 0 Å². The largest absolute Gasteiger partial charge is 0.489 e. The molecule has 0 saturated carbocycles. The maximum atomic E-state index is 12.9. The molecule has 0 radical (unpaired) electrons. The molecule has 1 aliphatic heterocycles. The highest BCUT2D eigenvalue weighted by Gasteiger charge is 2.30. The molecule has 0 atom stereocenters. The molecule has 0 saturated heterocycles. The van der Waals surface area contributed by atoms with Gasteiger partial charge in [-0.05, 0) is 18.2 Å². The molecule has 7 heteroatoms. The Hall–Kier alpha value is -3.32. The van der Waals surface area contributed by atoms with E-state index < -0.39 is 0 Å². The van der Waals surface area contributed by atoms with Gasteiger partial charge < -0.3 is 25.0 Å². The molecule has 0 bridgehead atoms. The number of hydrogen-bond acceptors (Lipinski definition) is 5. The molecule has 1 amide bonds. The predicted octanol–water partition coefficient (Wildman–Crippen LogP) is 2.82. The van der Waals surface area contributed by atoms with Crippen molar-refractivity contribution in [3.8, 4) is 17.0 Å². The molecule has 4 rings (SSSR count). The number of nitrogens with one attached hydrogen (secondary N) is 2. The highest BCUT2D eigenvalue weighted by Crippen LogP contribution is 2.40. The van der Waals surface area contributed by atoms with Crippen molar-refractivity contribution >= 4 is 17.3 Å². The van der Waals surface area contributed by atoms with E-state index in [0.29, 0.717) is 17.9 Å². The smallest absolute Gasteiger partial charge is 0.257 e. The summed E-state index contributed by atoms with van der Waals surface area (Å²) in [5.74, 6) is 0.529. The van der Waals surface area contributed by atoms with Gasteiger partial charge in [0.1, 0.15) is 12.4 Å². The zero-order valence-electron chi connectivity index (χ0n) is 15.6. The van der Waals surface area contributed by atoms with Crippen LogP contribution in [0.15, 0.2) is 48.8 Å². The highest BCUT2D eigenvalue weighted by atomic mass is 16.5. The van der Waals surface area contributed by atoms with Gasteiger partial charge in [0.2, 0.25) is 0 Å². The summed E-state index contributed by atoms with van der Waals surface area (Å²) in [5, 5.41) is 12.5. The molecule has 0 unspecified atom stereocenters. The van der Waals surface area contributed by atoms with Crippen LogP contribution in [0.1, 0.15) is 16.1 Å². The highest BCUT2D eigenvalue weighted by molar-refractivity contribution is 6.06. The minimum Gasteiger partial charge on any atom is -0.489 e. The Labute approximate surface area is 163 Å². The second-order valence-corrected chi connectivity index (χ2v) is 6.64. The van der Waals surface area contributed by atoms with Crippen LogP contribution in [0.3, 0.4) is 0 Å². The number of nitrogens with zero attached hydrogens (tertiary/aromatic N) is 2. The van der Waals surface area contributed by atoms with Gasteiger partial charge >= 0.3 is 0 Å². The lowest BCUT2D eigenvalue weighted by Crippen LogP contribution is -2.34. The maximum absolute atomic E-state index is 12.9. The van der Waals surface area contributed by atoms with Crippen molar-refractivity contribution in [2.45, 2.75) is 6.42 Å². The molecule has 0 aliphatic carbocycles. The number of ether oxygens (including phenoxy) is 1. The fraction of sp³-hybridized carbons (Fsp3) is 0.238. The minimum absolute atomic E-state index is 0.0194. The molecule has 1 aromatic carbocycles. The summed E-state index contributed by atoms with van der Waals surface area (Å²) in [6, 6.07) is 11.6. The van der Waals surface area contributed by atoms with Gasteiger partial charge in [-0.3, -0.25) is 9.78 Å². The van der Waals surface area contributed by atoms with Crippen LogP contribution < -0.4 is 10.1 Å². The molecule has 3 aromatic rings. The van der Waals surface area contributed by atoms with Gasteiger partial charge in [-0.15, -0.1) is 0 Å². The van der Waals surface area contributed by atoms with Gasteiger partial charge in [0, 0.05) is 43.2 Å². The summed E-state index contributed by atoms with van der Waals surface area (Å²) in [6.07, 6.45) is 4.05. The maximum Gasteiger partial charge on any atom is 0.257 e. The number of rotatable bonds is 6. The van der Waals surface area contributed by atoms with Gasteiger partial charge in [0.05, 0.1) is 29.7 Å². The number of amides is 1. The molecule has 0 spiro atoms. The number of likely N-dealkylation sites (N-methyl/N-ethyl adjacent to an activating group) is 1. The van der Waals surface area contributed by atoms with E-state index in [9.17, 15) is 4.79 Å². The van der Waals surface area contributed by atoms with E-state index in [4.69, 9.17) is 9.84 Å². The number of hydrogen-bond donors (Lipinski definition) is 3. The number of fused-ring (bicyclic) bond motifs is 1. The van der Waals surface area contributed by atoms with Crippen molar-refractivity contribution in [1.29, 1.82) is 0 Å². The Kier molecular flexibility index (Phi) is 4.99. The van der Waals surface area contributed by atoms with E-state index in [2.05, 4.69) is 15.3 Å². The Morgan fingerprint density at radius 1 is 1.29 bits per heavy atom. The predicted molar refractivity (Wildman–Crippen MR) is 107 cm³/mol. The molecule has 144 valence electrons. The van der Waals surface area contributed by atoms with Gasteiger partial charge in [-0.2, -0.15) is 0 Å². The molecule has 3 heterocycles. The van der Waals surface area contributed by atoms with Crippen molar-refractivity contribution in [1.82, 2.24) is 14.9 Å². The SMILES string of the molecule is CN1CCc2[nH]c(-c3ccncc3OCCO)c(Nc3ccccc3)c2C1=O. The van der Waals surface area contributed by atoms with Gasteiger partial charge in [-0.1, -0.05) is 18.2 Å². The van der Waals surface area contributed by atoms with Crippen LogP contribution in [0, 0.1) is 0 Å². The molecular formula is C21H22N4O3. The summed E-state index contributed by atoms with van der Waals surface area (Å²) in [6.45, 7) is 0.747. The Balaban J connectivity index is 1.86. The average Bonchev–Trinajstić information content (AvgIpc) is 3.09. The first-order valence-corrected chi connectivity index (χ1v) is 9.19. The number of carbonyl (C=O) groups is 1. The number of aliphatic hydroxyl groups excluding tert-OH is 1. The summed E-state index contributed by atoms with van der Waals surface area (Å²) >= 11 is 0. The molecule has 28 heavy (non-hydrogen) atoms. The summed E-state index contributed by atoms with van der Waals surface area (Å²) in [5.41, 5.74) is 4.72. The van der Waals surface area contributed by atoms with Crippen LogP contribution in [-0.4, -0.2) is 52.7 Å². The van der Waals surface area contributed by atoms with Crippen LogP contribution in [0.4, 0.5) is 11.4 Å². The Morgan fingerprint density at radius 3 is 2.89 bits per heavy atom. The van der Waals surface area contributed by atoms with Crippen molar-refractivity contribution in [2.24, 2.45) is 0 Å². The number of aromatic amines is 1. The zero-order valence-corrected chi connectivity index (χ0v) is 15.6. The first kappa shape index (κ1) is 18.1. The lowest BCUT2D eigenvalue weighted by atomic mass is 10.0. The number of para-hydroxylation sites is 1. The van der Waals surface area contributed by atoms with Crippen LogP contribution in [0.2, 0.25) is 0 Å². The lowest BCUT2D eigenvalue weighted by molar-refractivity contribution is 0.0781. The number of carbonyl (C=O) groups excluding carboxylic acids is 1. The third-order valence-corrected chi connectivity index (χ3v) is 4.78. The molecule has 7 nitrogen and oxygen atoms in total. The van der Waals surface area contributed by atoms with Crippen molar-refractivity contribution in [3.63, 3.8) is 0 Å². The number of anilines is 2. The lowest BCUT2D eigenvalue weighted by Gasteiger charge is -2.23. The zero-order chi connectivity index (χ0) is 19.5. The van der Waals surface area contributed by atoms with Crippen LogP contribution in [0.5, 0.6) is 5.75 Å². The first-order valence-electron chi connectivity index (χ1n) is 9.19. The van der Waals surface area contributed by atoms with Crippen LogP contribution in [-0.2, 0) is 6.42 Å². The fourth-order valence-corrected chi connectivity index (χ4v) is 3.40. The fourth-order valence-electron chi connectivity index (χ4n) is 3.40. The number of H-pyrrole nitrogens is 1. The van der Waals surface area contributed by atoms with Crippen LogP contribution in [0.25, 0.3) is 11.3 Å². The number of benzene rings is 1. The van der Waals surface area contributed by atoms with E-state index in [-0.39, 0.29) is 19.1 Å². The van der Waals surface area contributed by atoms with E-state index in [0.717, 1.165) is 34.7 Å². The monoisotopic (exact) mass is 378 g/mol. The normalized spacial score (nSPS) is 13.4. The van der Waals surface area contributed by atoms with Crippen molar-refractivity contribution < 1.29 is 14.6 Å². The molecule has 1 aliphatic rings. The second kappa shape index (κ2) is 7.74. The van der Waals surface area contributed by atoms with Gasteiger partial charge in [0.25, 0.3) is 5.91 Å². The van der Waals surface area contributed by atoms with Gasteiger partial charge in [-0.25, -0.2) is 0 Å².